The maximum absolute atomic E-state index is 9.56. The Morgan fingerprint density at radius 2 is 2.13 bits per heavy atom. The maximum atomic E-state index is 9.56. The van der Waals surface area contributed by atoms with E-state index in [9.17, 15) is 5.26 Å². The van der Waals surface area contributed by atoms with Gasteiger partial charge < -0.3 is 16.0 Å². The van der Waals surface area contributed by atoms with Gasteiger partial charge in [0.05, 0.1) is 28.6 Å². The highest BCUT2D eigenvalue weighted by Gasteiger charge is 2.16. The van der Waals surface area contributed by atoms with Gasteiger partial charge in [-0.15, -0.1) is 11.3 Å². The fourth-order valence-corrected chi connectivity index (χ4v) is 3.84. The lowest BCUT2D eigenvalue weighted by Gasteiger charge is -2.21. The standard InChI is InChI=1S/C22H28N8S/c1-4-25-22(29(3)14-17-15-31-16(2)27-17)26-12-8-11-20-19(13-23)21(24)30(28-20)18-9-6-5-7-10-18/h5-7,9-10,15H,4,8,11-12,14,24H2,1-3H3,(H,25,26). The van der Waals surface area contributed by atoms with Crippen LogP contribution >= 0.6 is 11.3 Å². The molecule has 0 spiro atoms. The maximum Gasteiger partial charge on any atom is 0.194 e. The summed E-state index contributed by atoms with van der Waals surface area (Å²) in [4.78, 5) is 11.3. The highest BCUT2D eigenvalue weighted by atomic mass is 32.1. The van der Waals surface area contributed by atoms with Crippen molar-refractivity contribution in [2.75, 3.05) is 25.9 Å². The van der Waals surface area contributed by atoms with Gasteiger partial charge in [0.2, 0.25) is 0 Å². The molecule has 0 unspecified atom stereocenters. The summed E-state index contributed by atoms with van der Waals surface area (Å²) in [5.41, 5.74) is 9.21. The van der Waals surface area contributed by atoms with Gasteiger partial charge in [0.25, 0.3) is 0 Å². The minimum absolute atomic E-state index is 0.374. The second kappa shape index (κ2) is 10.6. The van der Waals surface area contributed by atoms with E-state index in [1.807, 2.05) is 44.3 Å². The van der Waals surface area contributed by atoms with Gasteiger partial charge in [0, 0.05) is 25.5 Å². The summed E-state index contributed by atoms with van der Waals surface area (Å²) in [6.45, 7) is 6.16. The molecule has 3 rings (SSSR count). The number of rotatable bonds is 8. The summed E-state index contributed by atoms with van der Waals surface area (Å²) in [7, 11) is 2.01. The van der Waals surface area contributed by atoms with E-state index in [-0.39, 0.29) is 0 Å². The molecule has 0 saturated heterocycles. The molecule has 0 saturated carbocycles. The minimum atomic E-state index is 0.374. The number of nitrogens with one attached hydrogen (secondary N) is 1. The quantitative estimate of drug-likeness (QED) is 0.319. The number of nitrogens with zero attached hydrogens (tertiary/aromatic N) is 6. The number of aryl methyl sites for hydroxylation is 2. The van der Waals surface area contributed by atoms with Gasteiger partial charge in [-0.3, -0.25) is 4.99 Å². The van der Waals surface area contributed by atoms with Crippen LogP contribution in [0, 0.1) is 18.3 Å². The molecule has 162 valence electrons. The lowest BCUT2D eigenvalue weighted by Crippen LogP contribution is -2.38. The average molecular weight is 437 g/mol. The summed E-state index contributed by atoms with van der Waals surface area (Å²) in [6.07, 6.45) is 1.39. The lowest BCUT2D eigenvalue weighted by atomic mass is 10.1. The summed E-state index contributed by atoms with van der Waals surface area (Å²) < 4.78 is 1.63. The molecule has 0 radical (unpaired) electrons. The van der Waals surface area contributed by atoms with Gasteiger partial charge in [-0.1, -0.05) is 18.2 Å². The number of anilines is 1. The molecule has 0 aliphatic rings. The largest absolute Gasteiger partial charge is 0.382 e. The molecular weight excluding hydrogens is 408 g/mol. The zero-order chi connectivity index (χ0) is 22.2. The third-order valence-corrected chi connectivity index (χ3v) is 5.52. The van der Waals surface area contributed by atoms with Crippen LogP contribution in [0.25, 0.3) is 5.69 Å². The van der Waals surface area contributed by atoms with Gasteiger partial charge in [-0.05, 0) is 38.8 Å². The fourth-order valence-electron chi connectivity index (χ4n) is 3.24. The molecule has 3 N–H and O–H groups in total. The van der Waals surface area contributed by atoms with E-state index < -0.39 is 0 Å². The number of nitriles is 1. The SMILES string of the molecule is CCNC(=NCCCc1nn(-c2ccccc2)c(N)c1C#N)N(C)Cc1csc(C)n1. The van der Waals surface area contributed by atoms with E-state index in [0.717, 1.165) is 35.3 Å². The van der Waals surface area contributed by atoms with Crippen LogP contribution in [0.3, 0.4) is 0 Å². The normalized spacial score (nSPS) is 11.4. The molecule has 0 aliphatic carbocycles. The van der Waals surface area contributed by atoms with Crippen molar-refractivity contribution in [3.63, 3.8) is 0 Å². The lowest BCUT2D eigenvalue weighted by molar-refractivity contribution is 0.470. The molecule has 0 amide bonds. The molecule has 1 aromatic carbocycles. The minimum Gasteiger partial charge on any atom is -0.382 e. The van der Waals surface area contributed by atoms with Crippen LogP contribution in [0.2, 0.25) is 0 Å². The third-order valence-electron chi connectivity index (χ3n) is 4.70. The topological polar surface area (TPSA) is 108 Å². The van der Waals surface area contributed by atoms with Crippen molar-refractivity contribution in [3.05, 3.63) is 57.7 Å². The first-order valence-corrected chi connectivity index (χ1v) is 11.1. The number of para-hydroxylation sites is 1. The first-order chi connectivity index (χ1) is 15.0. The summed E-state index contributed by atoms with van der Waals surface area (Å²) in [6, 6.07) is 11.8. The van der Waals surface area contributed by atoms with Gasteiger partial charge in [-0.25, -0.2) is 9.67 Å². The first kappa shape index (κ1) is 22.3. The fraction of sp³-hybridized carbons (Fsp3) is 0.364. The highest BCUT2D eigenvalue weighted by molar-refractivity contribution is 7.09. The molecule has 3 aromatic rings. The number of hydrogen-bond acceptors (Lipinski definition) is 6. The zero-order valence-corrected chi connectivity index (χ0v) is 19.0. The summed E-state index contributed by atoms with van der Waals surface area (Å²) >= 11 is 1.65. The average Bonchev–Trinajstić information content (AvgIpc) is 3.32. The Labute approximate surface area is 187 Å². The molecule has 2 aromatic heterocycles. The molecular formula is C22H28N8S. The number of hydrogen-bond donors (Lipinski definition) is 2. The predicted octanol–water partition coefficient (Wildman–Crippen LogP) is 3.12. The summed E-state index contributed by atoms with van der Waals surface area (Å²) in [5.74, 6) is 1.21. The van der Waals surface area contributed by atoms with Crippen molar-refractivity contribution in [3.8, 4) is 11.8 Å². The number of aromatic nitrogens is 3. The zero-order valence-electron chi connectivity index (χ0n) is 18.2. The molecule has 2 heterocycles. The Kier molecular flexibility index (Phi) is 7.62. The number of nitrogen functional groups attached to an aromatic ring is 1. The van der Waals surface area contributed by atoms with E-state index in [1.165, 1.54) is 0 Å². The third kappa shape index (κ3) is 5.61. The molecule has 8 nitrogen and oxygen atoms in total. The van der Waals surface area contributed by atoms with Crippen LogP contribution in [0.4, 0.5) is 5.82 Å². The number of thiazole rings is 1. The Hall–Kier alpha value is -3.38. The molecule has 0 atom stereocenters. The Bertz CT molecular complexity index is 1060. The van der Waals surface area contributed by atoms with Crippen LogP contribution in [0.1, 0.15) is 35.3 Å². The van der Waals surface area contributed by atoms with Gasteiger partial charge in [0.15, 0.2) is 5.96 Å². The van der Waals surface area contributed by atoms with Crippen molar-refractivity contribution in [2.45, 2.75) is 33.2 Å². The van der Waals surface area contributed by atoms with Gasteiger partial charge in [-0.2, -0.15) is 10.4 Å². The van der Waals surface area contributed by atoms with Crippen LogP contribution in [-0.2, 0) is 13.0 Å². The molecule has 0 bridgehead atoms. The molecule has 0 fully saturated rings. The summed E-state index contributed by atoms with van der Waals surface area (Å²) in [5, 5.41) is 20.6. The van der Waals surface area contributed by atoms with Crippen molar-refractivity contribution < 1.29 is 0 Å². The molecule has 31 heavy (non-hydrogen) atoms. The van der Waals surface area contributed by atoms with Crippen LogP contribution < -0.4 is 11.1 Å². The molecule has 0 aliphatic heterocycles. The van der Waals surface area contributed by atoms with E-state index >= 15 is 0 Å². The van der Waals surface area contributed by atoms with Gasteiger partial charge >= 0.3 is 0 Å². The Balaban J connectivity index is 1.65. The van der Waals surface area contributed by atoms with E-state index in [1.54, 1.807) is 16.0 Å². The highest BCUT2D eigenvalue weighted by Crippen LogP contribution is 2.21. The van der Waals surface area contributed by atoms with E-state index in [0.29, 0.717) is 36.6 Å². The smallest absolute Gasteiger partial charge is 0.194 e. The second-order valence-corrected chi connectivity index (χ2v) is 8.18. The van der Waals surface area contributed by atoms with Crippen molar-refractivity contribution in [2.24, 2.45) is 4.99 Å². The van der Waals surface area contributed by atoms with Crippen LogP contribution in [-0.4, -0.2) is 45.8 Å². The Morgan fingerprint density at radius 3 is 2.77 bits per heavy atom. The van der Waals surface area contributed by atoms with Crippen LogP contribution in [0.15, 0.2) is 40.7 Å². The number of aliphatic imine (C=N–C) groups is 1. The second-order valence-electron chi connectivity index (χ2n) is 7.12. The van der Waals surface area contributed by atoms with Crippen molar-refractivity contribution in [1.82, 2.24) is 25.0 Å². The number of guanidine groups is 1. The van der Waals surface area contributed by atoms with Crippen molar-refractivity contribution >= 4 is 23.1 Å². The Morgan fingerprint density at radius 1 is 1.35 bits per heavy atom. The van der Waals surface area contributed by atoms with Crippen molar-refractivity contribution in [1.29, 1.82) is 5.26 Å². The van der Waals surface area contributed by atoms with E-state index in [2.05, 4.69) is 38.7 Å². The number of nitrogens with two attached hydrogens (primary N) is 1. The predicted molar refractivity (Wildman–Crippen MR) is 125 cm³/mol. The first-order valence-electron chi connectivity index (χ1n) is 10.3. The number of benzene rings is 1. The van der Waals surface area contributed by atoms with E-state index in [4.69, 9.17) is 10.7 Å². The monoisotopic (exact) mass is 436 g/mol. The van der Waals surface area contributed by atoms with Gasteiger partial charge in [0.1, 0.15) is 17.5 Å². The van der Waals surface area contributed by atoms with Crippen LogP contribution in [0.5, 0.6) is 0 Å². The molecule has 9 heteroatoms.